The molecule has 1 aliphatic rings. The minimum atomic E-state index is 0.00733. The second-order valence-electron chi connectivity index (χ2n) is 5.26. The zero-order valence-electron chi connectivity index (χ0n) is 12.9. The van der Waals surface area contributed by atoms with E-state index in [0.717, 1.165) is 49.4 Å². The van der Waals surface area contributed by atoms with E-state index >= 15 is 0 Å². The molecule has 2 heterocycles. The lowest BCUT2D eigenvalue weighted by Crippen LogP contribution is -2.37. The van der Waals surface area contributed by atoms with Crippen molar-refractivity contribution in [1.82, 2.24) is 20.4 Å². The Bertz CT molecular complexity index is 494. The zero-order chi connectivity index (χ0) is 15.1. The molecule has 0 bridgehead atoms. The van der Waals surface area contributed by atoms with E-state index in [2.05, 4.69) is 33.8 Å². The number of fused-ring (bicyclic) bond motifs is 1. The molecule has 0 aromatic carbocycles. The normalized spacial score (nSPS) is 13.7. The van der Waals surface area contributed by atoms with E-state index in [-0.39, 0.29) is 6.03 Å². The van der Waals surface area contributed by atoms with Crippen molar-refractivity contribution in [2.45, 2.75) is 46.2 Å². The predicted octanol–water partition coefficient (Wildman–Crippen LogP) is 2.61. The zero-order valence-corrected chi connectivity index (χ0v) is 12.9. The van der Waals surface area contributed by atoms with Gasteiger partial charge in [0.1, 0.15) is 0 Å². The van der Waals surface area contributed by atoms with Gasteiger partial charge in [-0.3, -0.25) is 5.10 Å². The summed E-state index contributed by atoms with van der Waals surface area (Å²) in [7, 11) is 0. The number of aromatic amines is 1. The van der Waals surface area contributed by atoms with Gasteiger partial charge in [-0.1, -0.05) is 25.5 Å². The third kappa shape index (κ3) is 4.00. The summed E-state index contributed by atoms with van der Waals surface area (Å²) in [5, 5.41) is 13.6. The van der Waals surface area contributed by atoms with Crippen molar-refractivity contribution in [3.8, 4) is 0 Å². The molecule has 0 fully saturated rings. The Kier molecular flexibility index (Phi) is 5.66. The fourth-order valence-electron chi connectivity index (χ4n) is 2.35. The van der Waals surface area contributed by atoms with Crippen LogP contribution in [0.25, 0.3) is 0 Å². The van der Waals surface area contributed by atoms with E-state index in [1.165, 1.54) is 0 Å². The van der Waals surface area contributed by atoms with Crippen molar-refractivity contribution < 1.29 is 4.79 Å². The molecule has 3 N–H and O–H groups in total. The maximum absolute atomic E-state index is 12.0. The largest absolute Gasteiger partial charge is 0.368 e. The van der Waals surface area contributed by atoms with Crippen molar-refractivity contribution in [1.29, 1.82) is 0 Å². The second-order valence-corrected chi connectivity index (χ2v) is 5.26. The van der Waals surface area contributed by atoms with E-state index in [4.69, 9.17) is 0 Å². The average molecular weight is 291 g/mol. The molecule has 2 amide bonds. The van der Waals surface area contributed by atoms with Crippen LogP contribution in [0.15, 0.2) is 12.2 Å². The van der Waals surface area contributed by atoms with Gasteiger partial charge in [0.25, 0.3) is 0 Å². The number of unbranched alkanes of at least 4 members (excludes halogenated alkanes) is 1. The molecule has 21 heavy (non-hydrogen) atoms. The third-order valence-electron chi connectivity index (χ3n) is 3.58. The Balaban J connectivity index is 1.84. The number of nitrogens with one attached hydrogen (secondary N) is 3. The fraction of sp³-hybridized carbons (Fsp3) is 0.600. The summed E-state index contributed by atoms with van der Waals surface area (Å²) in [5.41, 5.74) is 2.15. The van der Waals surface area contributed by atoms with Crippen molar-refractivity contribution in [3.63, 3.8) is 0 Å². The number of carbonyl (C=O) groups excluding carboxylic acids is 1. The van der Waals surface area contributed by atoms with E-state index in [9.17, 15) is 4.79 Å². The van der Waals surface area contributed by atoms with Crippen LogP contribution in [0.5, 0.6) is 0 Å². The number of amides is 2. The highest BCUT2D eigenvalue weighted by Crippen LogP contribution is 2.26. The minimum Gasteiger partial charge on any atom is -0.368 e. The molecule has 0 atom stereocenters. The molecule has 6 nitrogen and oxygen atoms in total. The number of carbonyl (C=O) groups is 1. The molecule has 6 heteroatoms. The summed E-state index contributed by atoms with van der Waals surface area (Å²) in [5.74, 6) is 0.873. The van der Waals surface area contributed by atoms with Crippen LogP contribution >= 0.6 is 0 Å². The molecule has 0 saturated carbocycles. The number of anilines is 1. The number of allylic oxidation sites excluding steroid dienone is 1. The topological polar surface area (TPSA) is 73.0 Å². The number of aromatic nitrogens is 2. The molecule has 0 unspecified atom stereocenters. The molecular formula is C15H25N5O. The maximum atomic E-state index is 12.0. The lowest BCUT2D eigenvalue weighted by Gasteiger charge is -2.16. The Morgan fingerprint density at radius 2 is 2.29 bits per heavy atom. The van der Waals surface area contributed by atoms with Gasteiger partial charge in [0, 0.05) is 18.7 Å². The quantitative estimate of drug-likeness (QED) is 0.534. The highest BCUT2D eigenvalue weighted by atomic mass is 16.2. The summed E-state index contributed by atoms with van der Waals surface area (Å²) >= 11 is 0. The van der Waals surface area contributed by atoms with Gasteiger partial charge in [-0.15, -0.1) is 0 Å². The number of hydrogen-bond donors (Lipinski definition) is 3. The Morgan fingerprint density at radius 3 is 3.05 bits per heavy atom. The highest BCUT2D eigenvalue weighted by molar-refractivity contribution is 5.75. The van der Waals surface area contributed by atoms with Crippen molar-refractivity contribution in [2.75, 3.05) is 18.4 Å². The van der Waals surface area contributed by atoms with Gasteiger partial charge in [-0.25, -0.2) is 4.79 Å². The lowest BCUT2D eigenvalue weighted by molar-refractivity contribution is 0.198. The van der Waals surface area contributed by atoms with Crippen molar-refractivity contribution in [3.05, 3.63) is 23.4 Å². The van der Waals surface area contributed by atoms with E-state index in [0.29, 0.717) is 13.1 Å². The van der Waals surface area contributed by atoms with Crippen LogP contribution < -0.4 is 10.6 Å². The molecule has 0 aliphatic carbocycles. The minimum absolute atomic E-state index is 0.00733. The van der Waals surface area contributed by atoms with Crippen LogP contribution in [0.1, 0.15) is 44.4 Å². The number of urea groups is 1. The van der Waals surface area contributed by atoms with E-state index in [1.807, 2.05) is 17.9 Å². The number of rotatable bonds is 7. The number of H-pyrrole nitrogens is 1. The molecule has 0 radical (unpaired) electrons. The first-order valence-electron chi connectivity index (χ1n) is 7.70. The van der Waals surface area contributed by atoms with Gasteiger partial charge in [-0.2, -0.15) is 5.10 Å². The van der Waals surface area contributed by atoms with Gasteiger partial charge in [0.05, 0.1) is 18.8 Å². The molecule has 2 rings (SSSR count). The molecule has 0 spiro atoms. The summed E-state index contributed by atoms with van der Waals surface area (Å²) in [4.78, 5) is 13.9. The SMILES string of the molecule is C/C=C/CCNc1n[nH]c2c1CN(C(=O)NCCCC)C2. The molecule has 0 saturated heterocycles. The second kappa shape index (κ2) is 7.71. The van der Waals surface area contributed by atoms with Crippen LogP contribution in [0.4, 0.5) is 10.6 Å². The molecule has 1 aliphatic heterocycles. The maximum Gasteiger partial charge on any atom is 0.318 e. The molecule has 116 valence electrons. The van der Waals surface area contributed by atoms with Gasteiger partial charge in [0.2, 0.25) is 0 Å². The first-order valence-corrected chi connectivity index (χ1v) is 7.70. The average Bonchev–Trinajstić information content (AvgIpc) is 3.05. The van der Waals surface area contributed by atoms with Crippen LogP contribution in [0.3, 0.4) is 0 Å². The summed E-state index contributed by atoms with van der Waals surface area (Å²) < 4.78 is 0. The number of hydrogen-bond acceptors (Lipinski definition) is 3. The van der Waals surface area contributed by atoms with Crippen LogP contribution in [-0.2, 0) is 13.1 Å². The molecular weight excluding hydrogens is 266 g/mol. The van der Waals surface area contributed by atoms with Gasteiger partial charge in [-0.05, 0) is 19.8 Å². The van der Waals surface area contributed by atoms with Gasteiger partial charge in [0.15, 0.2) is 5.82 Å². The van der Waals surface area contributed by atoms with Crippen molar-refractivity contribution >= 4 is 11.8 Å². The highest BCUT2D eigenvalue weighted by Gasteiger charge is 2.27. The summed E-state index contributed by atoms with van der Waals surface area (Å²) in [6.07, 6.45) is 7.24. The van der Waals surface area contributed by atoms with Crippen LogP contribution in [0, 0.1) is 0 Å². The van der Waals surface area contributed by atoms with Gasteiger partial charge < -0.3 is 15.5 Å². The van der Waals surface area contributed by atoms with Crippen LogP contribution in [0.2, 0.25) is 0 Å². The van der Waals surface area contributed by atoms with E-state index in [1.54, 1.807) is 0 Å². The summed E-state index contributed by atoms with van der Waals surface area (Å²) in [6, 6.07) is 0.00733. The monoisotopic (exact) mass is 291 g/mol. The Hall–Kier alpha value is -1.98. The van der Waals surface area contributed by atoms with Gasteiger partial charge >= 0.3 is 6.03 Å². The van der Waals surface area contributed by atoms with Crippen LogP contribution in [-0.4, -0.2) is 34.2 Å². The van der Waals surface area contributed by atoms with E-state index < -0.39 is 0 Å². The smallest absolute Gasteiger partial charge is 0.318 e. The standard InChI is InChI=1S/C15H25N5O/c1-3-5-7-9-16-14-12-10-20(11-13(12)18-19-14)15(21)17-8-6-4-2/h3,5H,4,6-11H2,1-2H3,(H,17,21)(H2,16,18,19)/b5-3+. The third-order valence-corrected chi connectivity index (χ3v) is 3.58. The number of nitrogens with zero attached hydrogens (tertiary/aromatic N) is 2. The molecule has 1 aromatic rings. The Morgan fingerprint density at radius 1 is 1.43 bits per heavy atom. The fourth-order valence-corrected chi connectivity index (χ4v) is 2.35. The van der Waals surface area contributed by atoms with Crippen molar-refractivity contribution in [2.24, 2.45) is 0 Å². The first kappa shape index (κ1) is 15.4. The lowest BCUT2D eigenvalue weighted by atomic mass is 10.2. The Labute approximate surface area is 126 Å². The predicted molar refractivity (Wildman–Crippen MR) is 84.1 cm³/mol. The molecule has 1 aromatic heterocycles. The first-order chi connectivity index (χ1) is 10.3. The summed E-state index contributed by atoms with van der Waals surface area (Å²) in [6.45, 7) is 6.95.